The van der Waals surface area contributed by atoms with Gasteiger partial charge in [-0.1, -0.05) is 54.6 Å². The molecule has 0 fully saturated rings. The van der Waals surface area contributed by atoms with Crippen molar-refractivity contribution in [2.24, 2.45) is 20.5 Å². The SMILES string of the molecule is COc1ccc(C(OCCN(CCOP(OCCC#N)N(C(C)C)C(C)C)c2ccc(N=Nc3cc(OC)c(N=Nc4ccc([N+](=O)[O-])cc4)cc3OC)cc2)(c2ccccc2)c2ccc(OC)cc2)cc1. The van der Waals surface area contributed by atoms with Crippen LogP contribution in [0.1, 0.15) is 50.8 Å². The Morgan fingerprint density at radius 2 is 1.08 bits per heavy atom. The van der Waals surface area contributed by atoms with Crippen LogP contribution in [-0.2, 0) is 19.4 Å². The molecule has 6 aromatic carbocycles. The summed E-state index contributed by atoms with van der Waals surface area (Å²) in [6, 6.07) is 45.3. The minimum Gasteiger partial charge on any atom is -0.497 e. The van der Waals surface area contributed by atoms with Crippen molar-refractivity contribution in [3.8, 4) is 29.1 Å². The smallest absolute Gasteiger partial charge is 0.269 e. The van der Waals surface area contributed by atoms with Crippen molar-refractivity contribution in [1.29, 1.82) is 5.26 Å². The first kappa shape index (κ1) is 54.0. The molecule has 6 aromatic rings. The van der Waals surface area contributed by atoms with Gasteiger partial charge in [0.2, 0.25) is 0 Å². The van der Waals surface area contributed by atoms with Crippen molar-refractivity contribution < 1.29 is 37.7 Å². The molecule has 72 heavy (non-hydrogen) atoms. The van der Waals surface area contributed by atoms with Gasteiger partial charge in [-0.05, 0) is 105 Å². The molecular weight excluding hydrogens is 936 g/mol. The van der Waals surface area contributed by atoms with Crippen LogP contribution in [0.25, 0.3) is 0 Å². The minimum absolute atomic E-state index is 0.0489. The minimum atomic E-state index is -1.48. The fourth-order valence-electron chi connectivity index (χ4n) is 7.91. The predicted octanol–water partition coefficient (Wildman–Crippen LogP) is 13.6. The van der Waals surface area contributed by atoms with Crippen LogP contribution in [0.2, 0.25) is 0 Å². The van der Waals surface area contributed by atoms with Crippen molar-refractivity contribution in [1.82, 2.24) is 4.67 Å². The summed E-state index contributed by atoms with van der Waals surface area (Å²) >= 11 is 0. The van der Waals surface area contributed by atoms with Crippen molar-refractivity contribution in [3.05, 3.63) is 166 Å². The molecule has 0 spiro atoms. The van der Waals surface area contributed by atoms with E-state index in [0.717, 1.165) is 33.9 Å². The Morgan fingerprint density at radius 3 is 1.54 bits per heavy atom. The van der Waals surface area contributed by atoms with Gasteiger partial charge in [0.1, 0.15) is 40.0 Å². The van der Waals surface area contributed by atoms with Crippen LogP contribution in [0, 0.1) is 21.4 Å². The molecule has 1 atom stereocenters. The maximum Gasteiger partial charge on any atom is 0.269 e. The molecule has 0 amide bonds. The van der Waals surface area contributed by atoms with Crippen molar-refractivity contribution in [2.45, 2.75) is 51.8 Å². The highest BCUT2D eigenvalue weighted by molar-refractivity contribution is 7.44. The third-order valence-electron chi connectivity index (χ3n) is 11.4. The van der Waals surface area contributed by atoms with E-state index in [-0.39, 0.29) is 37.4 Å². The number of nitro groups is 1. The van der Waals surface area contributed by atoms with Gasteiger partial charge >= 0.3 is 0 Å². The van der Waals surface area contributed by atoms with Gasteiger partial charge in [0.15, 0.2) is 0 Å². The van der Waals surface area contributed by atoms with Crippen molar-refractivity contribution >= 4 is 42.7 Å². The molecule has 0 aliphatic rings. The molecular formula is C54H61N8O9P. The first-order valence-corrected chi connectivity index (χ1v) is 24.5. The van der Waals surface area contributed by atoms with Gasteiger partial charge in [0.05, 0.1) is 77.0 Å². The number of nitriles is 1. The average Bonchev–Trinajstić information content (AvgIpc) is 3.40. The first-order valence-electron chi connectivity index (χ1n) is 23.3. The van der Waals surface area contributed by atoms with Crippen LogP contribution >= 0.6 is 8.53 Å². The zero-order chi connectivity index (χ0) is 51.5. The summed E-state index contributed by atoms with van der Waals surface area (Å²) < 4.78 is 44.7. The third kappa shape index (κ3) is 14.0. The summed E-state index contributed by atoms with van der Waals surface area (Å²) in [5.74, 6) is 2.20. The number of hydrogen-bond donors (Lipinski definition) is 0. The number of hydrogen-bond acceptors (Lipinski definition) is 16. The maximum absolute atomic E-state index is 11.1. The summed E-state index contributed by atoms with van der Waals surface area (Å²) in [7, 11) is 4.83. The van der Waals surface area contributed by atoms with Gasteiger partial charge in [-0.2, -0.15) is 15.5 Å². The van der Waals surface area contributed by atoms with Gasteiger partial charge in [0.25, 0.3) is 14.2 Å². The summed E-state index contributed by atoms with van der Waals surface area (Å²) in [5, 5.41) is 38.0. The topological polar surface area (TPSA) is 187 Å². The summed E-state index contributed by atoms with van der Waals surface area (Å²) in [4.78, 5) is 12.8. The molecule has 18 heteroatoms. The second-order valence-electron chi connectivity index (χ2n) is 16.6. The van der Waals surface area contributed by atoms with Crippen molar-refractivity contribution in [3.63, 3.8) is 0 Å². The first-order chi connectivity index (χ1) is 34.9. The molecule has 0 aliphatic carbocycles. The van der Waals surface area contributed by atoms with E-state index in [1.807, 2.05) is 91.0 Å². The number of azo groups is 2. The lowest BCUT2D eigenvalue weighted by molar-refractivity contribution is -0.384. The Hall–Kier alpha value is -7.32. The maximum atomic E-state index is 11.1. The normalized spacial score (nSPS) is 12.1. The van der Waals surface area contributed by atoms with Crippen LogP contribution in [0.5, 0.6) is 23.0 Å². The Kier molecular flexibility index (Phi) is 20.1. The standard InChI is InChI=1S/C54H61N8O9P/c1-39(2)61(40(3)4)72(70-34-12-31-55)71-36-33-60(32-35-69-54(41-13-10-9-11-14-41,42-15-27-48(65-5)28-16-42)43-17-29-49(66-6)30-18-43)46-23-19-44(20-24-46)56-58-50-37-53(68-8)51(38-52(50)67-7)59-57-45-21-25-47(26-22-45)62(63)64/h9-11,13-30,37-40H,12,32-36H2,1-8H3. The highest BCUT2D eigenvalue weighted by Gasteiger charge is 2.38. The largest absolute Gasteiger partial charge is 0.497 e. The van der Waals surface area contributed by atoms with Crippen molar-refractivity contribution in [2.75, 3.05) is 66.2 Å². The molecule has 0 heterocycles. The van der Waals surface area contributed by atoms with Crippen LogP contribution < -0.4 is 23.8 Å². The molecule has 376 valence electrons. The Bertz CT molecular complexity index is 2680. The lowest BCUT2D eigenvalue weighted by Gasteiger charge is -2.37. The van der Waals surface area contributed by atoms with Gasteiger partial charge in [0, 0.05) is 55.1 Å². The molecule has 0 saturated carbocycles. The van der Waals surface area contributed by atoms with Gasteiger partial charge in [-0.25, -0.2) is 4.67 Å². The van der Waals surface area contributed by atoms with Crippen LogP contribution in [0.4, 0.5) is 34.1 Å². The Labute approximate surface area is 422 Å². The van der Waals surface area contributed by atoms with Crippen LogP contribution in [0.15, 0.2) is 160 Å². The molecule has 17 nitrogen and oxygen atoms in total. The highest BCUT2D eigenvalue weighted by atomic mass is 31.2. The lowest BCUT2D eigenvalue weighted by Crippen LogP contribution is -2.38. The fraction of sp³-hybridized carbons (Fsp3) is 0.315. The zero-order valence-corrected chi connectivity index (χ0v) is 42.8. The molecule has 0 aromatic heterocycles. The van der Waals surface area contributed by atoms with E-state index in [4.69, 9.17) is 32.7 Å². The van der Waals surface area contributed by atoms with E-state index in [2.05, 4.69) is 75.9 Å². The molecule has 0 bridgehead atoms. The zero-order valence-electron chi connectivity index (χ0n) is 41.9. The van der Waals surface area contributed by atoms with E-state index < -0.39 is 19.1 Å². The number of nitro benzene ring substituents is 1. The van der Waals surface area contributed by atoms with E-state index in [9.17, 15) is 15.4 Å². The average molecular weight is 997 g/mol. The van der Waals surface area contributed by atoms with E-state index in [1.165, 1.54) is 38.5 Å². The predicted molar refractivity (Wildman–Crippen MR) is 279 cm³/mol. The highest BCUT2D eigenvalue weighted by Crippen LogP contribution is 2.47. The van der Waals surface area contributed by atoms with E-state index >= 15 is 0 Å². The fourth-order valence-corrected chi connectivity index (χ4v) is 9.49. The number of ether oxygens (including phenoxy) is 5. The molecule has 0 aliphatic heterocycles. The van der Waals surface area contributed by atoms with Crippen LogP contribution in [-0.4, -0.2) is 83.0 Å². The second kappa shape index (κ2) is 26.8. The molecule has 1 unspecified atom stereocenters. The van der Waals surface area contributed by atoms with Gasteiger partial charge < -0.3 is 37.6 Å². The monoisotopic (exact) mass is 996 g/mol. The van der Waals surface area contributed by atoms with Crippen LogP contribution in [0.3, 0.4) is 0 Å². The number of methoxy groups -OCH3 is 4. The number of benzene rings is 6. The van der Waals surface area contributed by atoms with Gasteiger partial charge in [-0.3, -0.25) is 10.1 Å². The van der Waals surface area contributed by atoms with E-state index in [1.54, 1.807) is 26.4 Å². The lowest BCUT2D eigenvalue weighted by atomic mass is 9.80. The number of rotatable bonds is 27. The molecule has 0 N–H and O–H groups in total. The summed E-state index contributed by atoms with van der Waals surface area (Å²) in [5.41, 5.74) is 4.36. The third-order valence-corrected chi connectivity index (χ3v) is 13.5. The number of nitrogens with zero attached hydrogens (tertiary/aromatic N) is 8. The number of anilines is 1. The Balaban J connectivity index is 1.30. The van der Waals surface area contributed by atoms with E-state index in [0.29, 0.717) is 53.9 Å². The molecule has 0 radical (unpaired) electrons. The summed E-state index contributed by atoms with van der Waals surface area (Å²) in [6.45, 7) is 10.3. The summed E-state index contributed by atoms with van der Waals surface area (Å²) in [6.07, 6.45) is 0.259. The quantitative estimate of drug-likeness (QED) is 0.0119. The second-order valence-corrected chi connectivity index (χ2v) is 18.1. The molecule has 6 rings (SSSR count). The Morgan fingerprint density at radius 1 is 0.611 bits per heavy atom. The molecule has 0 saturated heterocycles. The number of non-ortho nitro benzene ring substituents is 1. The van der Waals surface area contributed by atoms with Gasteiger partial charge in [-0.15, -0.1) is 10.2 Å².